The predicted molar refractivity (Wildman–Crippen MR) is 449 cm³/mol. The molecule has 0 spiro atoms. The number of nitrogen functional groups attached to an aromatic ring is 6. The van der Waals surface area contributed by atoms with Crippen molar-refractivity contribution in [3.8, 4) is 0 Å². The molecule has 0 aromatic heterocycles. The van der Waals surface area contributed by atoms with Gasteiger partial charge in [0.05, 0.1) is 0 Å². The van der Waals surface area contributed by atoms with Crippen LogP contribution in [-0.4, -0.2) is 32.2 Å². The highest BCUT2D eigenvalue weighted by Crippen LogP contribution is 2.16. The Bertz CT molecular complexity index is 2410. The van der Waals surface area contributed by atoms with E-state index in [2.05, 4.69) is 107 Å². The minimum Gasteiger partial charge on any atom is -0.399 e. The quantitative estimate of drug-likeness (QED) is 0.0170. The highest BCUT2D eigenvalue weighted by atomic mass is 14.6. The lowest BCUT2D eigenvalue weighted by molar-refractivity contribution is 0.529. The number of benzene rings is 6. The largest absolute Gasteiger partial charge is 0.399 e. The minimum absolute atomic E-state index is 0.352. The normalized spacial score (nSPS) is 10.1. The van der Waals surface area contributed by atoms with Gasteiger partial charge in [0.15, 0.2) is 0 Å². The molecule has 0 aliphatic rings. The zero-order chi connectivity index (χ0) is 75.5. The lowest BCUT2D eigenvalue weighted by atomic mass is 10.1. The first-order chi connectivity index (χ1) is 46.5. The van der Waals surface area contributed by atoms with E-state index in [1.165, 1.54) is 223 Å². The van der Waals surface area contributed by atoms with Crippen molar-refractivity contribution in [2.24, 2.45) is 34.6 Å². The van der Waals surface area contributed by atoms with E-state index in [1.807, 2.05) is 133 Å². The summed E-state index contributed by atoms with van der Waals surface area (Å²) < 4.78 is 0. The van der Waals surface area contributed by atoms with Gasteiger partial charge in [0.1, 0.15) is 0 Å². The lowest BCUT2D eigenvalue weighted by Gasteiger charge is -2.05. The summed E-state index contributed by atoms with van der Waals surface area (Å²) >= 11 is 0. The summed E-state index contributed by atoms with van der Waals surface area (Å²) in [6.07, 6.45) is 35.1. The van der Waals surface area contributed by atoms with Crippen molar-refractivity contribution in [3.05, 3.63) is 176 Å². The maximum Gasteiger partial charge on any atom is 0.0346 e. The first-order valence-corrected chi connectivity index (χ1v) is 38.0. The second-order valence-electron chi connectivity index (χ2n) is 27.2. The van der Waals surface area contributed by atoms with E-state index >= 15 is 0 Å². The molecule has 0 heterocycles. The number of hydrogen-bond donors (Lipinski definition) is 11. The van der Waals surface area contributed by atoms with E-state index in [0.29, 0.717) is 12.0 Å². The number of anilines is 6. The number of aryl methyl sites for hydroxylation is 11. The van der Waals surface area contributed by atoms with Crippen molar-refractivity contribution in [1.82, 2.24) is 0 Å². The molecule has 0 fully saturated rings. The van der Waals surface area contributed by atoms with Gasteiger partial charge in [0.25, 0.3) is 0 Å². The van der Waals surface area contributed by atoms with Crippen LogP contribution in [0.5, 0.6) is 0 Å². The summed E-state index contributed by atoms with van der Waals surface area (Å²) in [5, 5.41) is 0. The molecule has 6 aromatic carbocycles. The van der Waals surface area contributed by atoms with E-state index in [1.54, 1.807) is 0 Å². The molecule has 562 valence electrons. The molecule has 0 aliphatic heterocycles. The fraction of sp³-hybridized carbons (Fsp3) is 0.586. The molecule has 11 heteroatoms. The third-order valence-corrected chi connectivity index (χ3v) is 16.6. The molecule has 0 saturated carbocycles. The smallest absolute Gasteiger partial charge is 0.0346 e. The van der Waals surface area contributed by atoms with Crippen LogP contribution >= 0.6 is 0 Å². The van der Waals surface area contributed by atoms with Crippen LogP contribution in [0.2, 0.25) is 0 Å². The van der Waals surface area contributed by atoms with Crippen molar-refractivity contribution in [2.75, 3.05) is 60.6 Å². The molecule has 0 amide bonds. The van der Waals surface area contributed by atoms with Crippen molar-refractivity contribution in [2.45, 2.75) is 305 Å². The standard InChI is InChI=1S/C10H23N.C9H21N.6C8H11N.C8H19N.C7H17N.C5H13N/c1-2-3-4-5-6-7-8-9-10-11;1-2-3-4-5-6-7-8-9-10;1-6-3-7(2)5-8(9)4-6;2*1-6-3-4-8(9)5-7(6)2;1-6-3-4-8(9)7(2)5-6;1-6-3-4-7(2)8(9)5-6;1-6-4-3-5-8(9)7(6)2;1-2-3-4-5-6-7-8-9;1-2-3-4-5-6-7-8;1-4(2)5(3)6/h2-11H2,1H3;2-10H2,1H3;6*3-5H,9H2,1-2H3;2-9H2,1H3;2-8H2,1H3;4-5H,6H2,1-3H3. The first-order valence-electron chi connectivity index (χ1n) is 38.0. The van der Waals surface area contributed by atoms with Crippen LogP contribution in [0.3, 0.4) is 0 Å². The molecule has 1 atom stereocenters. The van der Waals surface area contributed by atoms with Crippen LogP contribution in [0.15, 0.2) is 109 Å². The molecular formula is C87H159N11. The molecule has 6 aromatic rings. The molecule has 11 nitrogen and oxygen atoms in total. The van der Waals surface area contributed by atoms with E-state index in [9.17, 15) is 0 Å². The zero-order valence-corrected chi connectivity index (χ0v) is 67.1. The Kier molecular flexibility index (Phi) is 72.6. The summed E-state index contributed by atoms with van der Waals surface area (Å²) in [6.45, 7) is 43.3. The van der Waals surface area contributed by atoms with E-state index in [4.69, 9.17) is 63.1 Å². The minimum atomic E-state index is 0.352. The second kappa shape index (κ2) is 70.8. The zero-order valence-electron chi connectivity index (χ0n) is 67.1. The number of unbranched alkanes of at least 4 members (excludes halogenated alkanes) is 22. The summed E-state index contributed by atoms with van der Waals surface area (Å²) in [7, 11) is 0. The van der Waals surface area contributed by atoms with Crippen molar-refractivity contribution < 1.29 is 0 Å². The Hall–Kier alpha value is -6.08. The predicted octanol–water partition coefficient (Wildman–Crippen LogP) is 22.3. The van der Waals surface area contributed by atoms with Crippen LogP contribution in [-0.2, 0) is 0 Å². The Morgan fingerprint density at radius 2 is 0.571 bits per heavy atom. The van der Waals surface area contributed by atoms with E-state index in [0.717, 1.165) is 71.4 Å². The van der Waals surface area contributed by atoms with Gasteiger partial charge in [-0.2, -0.15) is 0 Å². The molecule has 0 saturated heterocycles. The summed E-state index contributed by atoms with van der Waals surface area (Å²) in [4.78, 5) is 0. The van der Waals surface area contributed by atoms with Gasteiger partial charge in [0, 0.05) is 40.2 Å². The Morgan fingerprint density at radius 1 is 0.255 bits per heavy atom. The molecule has 0 radical (unpaired) electrons. The van der Waals surface area contributed by atoms with Gasteiger partial charge in [0.2, 0.25) is 0 Å². The van der Waals surface area contributed by atoms with Crippen LogP contribution in [0.4, 0.5) is 34.1 Å². The number of nitrogens with two attached hydrogens (primary N) is 11. The molecule has 1 unspecified atom stereocenters. The van der Waals surface area contributed by atoms with Crippen LogP contribution in [0, 0.1) is 89.0 Å². The molecule has 0 bridgehead atoms. The molecule has 0 aliphatic carbocycles. The summed E-state index contributed by atoms with van der Waals surface area (Å²) in [6, 6.07) is 36.3. The number of hydrogen-bond acceptors (Lipinski definition) is 11. The fourth-order valence-electron chi connectivity index (χ4n) is 8.95. The molecule has 98 heavy (non-hydrogen) atoms. The fourth-order valence-corrected chi connectivity index (χ4v) is 8.95. The average Bonchev–Trinajstić information content (AvgIpc) is 3.33. The van der Waals surface area contributed by atoms with Gasteiger partial charge in [-0.3, -0.25) is 0 Å². The average molecular weight is 1360 g/mol. The SMILES string of the molecule is CC(C)C(C)N.CCCCCCCCCCN.CCCCCCCCCN.CCCCCCCCN.CCCCCCCN.Cc1cc(C)cc(N)c1.Cc1ccc(C)c(N)c1.Cc1ccc(N)c(C)c1.Cc1ccc(N)cc1C.Cc1ccc(N)cc1C.Cc1cccc(N)c1C. The Labute approximate surface area is 606 Å². The van der Waals surface area contributed by atoms with Gasteiger partial charge in [-0.1, -0.05) is 243 Å². The van der Waals surface area contributed by atoms with Gasteiger partial charge in [-0.15, -0.1) is 0 Å². The van der Waals surface area contributed by atoms with Crippen LogP contribution in [0.25, 0.3) is 0 Å². The highest BCUT2D eigenvalue weighted by molar-refractivity contribution is 5.50. The van der Waals surface area contributed by atoms with Crippen LogP contribution in [0.1, 0.15) is 282 Å². The Morgan fingerprint density at radius 3 is 0.816 bits per heavy atom. The van der Waals surface area contributed by atoms with Crippen molar-refractivity contribution >= 4 is 34.1 Å². The van der Waals surface area contributed by atoms with Crippen LogP contribution < -0.4 is 63.1 Å². The number of rotatable bonds is 27. The summed E-state index contributed by atoms with van der Waals surface area (Å²) in [5.41, 5.74) is 80.3. The molecular weight excluding hydrogens is 1200 g/mol. The Balaban J connectivity index is -0.000000324. The van der Waals surface area contributed by atoms with Gasteiger partial charge in [-0.05, 0) is 264 Å². The van der Waals surface area contributed by atoms with E-state index < -0.39 is 0 Å². The van der Waals surface area contributed by atoms with Gasteiger partial charge < -0.3 is 63.1 Å². The van der Waals surface area contributed by atoms with Gasteiger partial charge >= 0.3 is 0 Å². The monoisotopic (exact) mass is 1360 g/mol. The maximum absolute atomic E-state index is 5.62. The third-order valence-electron chi connectivity index (χ3n) is 16.6. The lowest BCUT2D eigenvalue weighted by Crippen LogP contribution is -2.21. The van der Waals surface area contributed by atoms with Gasteiger partial charge in [-0.25, -0.2) is 0 Å². The topological polar surface area (TPSA) is 286 Å². The maximum atomic E-state index is 5.62. The van der Waals surface area contributed by atoms with Crippen molar-refractivity contribution in [1.29, 1.82) is 0 Å². The van der Waals surface area contributed by atoms with Crippen molar-refractivity contribution in [3.63, 3.8) is 0 Å². The molecule has 22 N–H and O–H groups in total. The second-order valence-corrected chi connectivity index (χ2v) is 27.2. The van der Waals surface area contributed by atoms with E-state index in [-0.39, 0.29) is 0 Å². The molecule has 6 rings (SSSR count). The first kappa shape index (κ1) is 101. The third kappa shape index (κ3) is 68.4. The summed E-state index contributed by atoms with van der Waals surface area (Å²) in [5.74, 6) is 0.630. The highest BCUT2D eigenvalue weighted by Gasteiger charge is 1.98.